The van der Waals surface area contributed by atoms with Crippen LogP contribution < -0.4 is 0 Å². The minimum absolute atomic E-state index is 0.0467. The average molecular weight is 233 g/mol. The minimum Gasteiger partial charge on any atom is -0.417 e. The molecule has 2 aromatic heterocycles. The van der Waals surface area contributed by atoms with Gasteiger partial charge in [0.1, 0.15) is 0 Å². The number of aromatic nitrogens is 4. The third-order valence-electron chi connectivity index (χ3n) is 2.77. The van der Waals surface area contributed by atoms with Crippen LogP contribution in [-0.2, 0) is 13.0 Å². The normalized spacial score (nSPS) is 14.8. The molecule has 0 saturated heterocycles. The lowest BCUT2D eigenvalue weighted by molar-refractivity contribution is 0.0690. The number of rotatable bonds is 1. The molecule has 1 aliphatic heterocycles. The van der Waals surface area contributed by atoms with E-state index in [1.807, 2.05) is 0 Å². The zero-order chi connectivity index (χ0) is 11.8. The lowest BCUT2D eigenvalue weighted by Crippen LogP contribution is -2.36. The van der Waals surface area contributed by atoms with Gasteiger partial charge in [-0.15, -0.1) is 10.2 Å². The van der Waals surface area contributed by atoms with Gasteiger partial charge in [0.15, 0.2) is 0 Å². The van der Waals surface area contributed by atoms with Gasteiger partial charge in [0, 0.05) is 19.9 Å². The highest BCUT2D eigenvalue weighted by Gasteiger charge is 2.26. The summed E-state index contributed by atoms with van der Waals surface area (Å²) in [5.41, 5.74) is 2.00. The number of imidazole rings is 1. The number of aromatic amines is 1. The highest BCUT2D eigenvalue weighted by atomic mass is 16.4. The molecule has 0 unspecified atom stereocenters. The summed E-state index contributed by atoms with van der Waals surface area (Å²) < 4.78 is 5.13. The fourth-order valence-corrected chi connectivity index (χ4v) is 1.90. The number of nitrogens with one attached hydrogen (secondary N) is 1. The Bertz CT molecular complexity index is 559. The van der Waals surface area contributed by atoms with E-state index in [4.69, 9.17) is 4.42 Å². The van der Waals surface area contributed by atoms with E-state index >= 15 is 0 Å². The summed E-state index contributed by atoms with van der Waals surface area (Å²) >= 11 is 0. The molecule has 0 aliphatic carbocycles. The first-order valence-electron chi connectivity index (χ1n) is 5.34. The molecule has 1 amide bonds. The van der Waals surface area contributed by atoms with Crippen LogP contribution in [0.15, 0.2) is 10.7 Å². The monoisotopic (exact) mass is 233 g/mol. The van der Waals surface area contributed by atoms with Crippen molar-refractivity contribution in [3.8, 4) is 0 Å². The summed E-state index contributed by atoms with van der Waals surface area (Å²) in [5.74, 6) is 0.212. The van der Waals surface area contributed by atoms with Crippen molar-refractivity contribution in [1.82, 2.24) is 25.1 Å². The number of hydrogen-bond acceptors (Lipinski definition) is 5. The zero-order valence-corrected chi connectivity index (χ0v) is 9.30. The Kier molecular flexibility index (Phi) is 2.17. The second-order valence-corrected chi connectivity index (χ2v) is 3.93. The molecule has 88 valence electrons. The van der Waals surface area contributed by atoms with Crippen molar-refractivity contribution in [3.05, 3.63) is 29.5 Å². The number of carbonyl (C=O) groups is 1. The number of carbonyl (C=O) groups excluding carboxylic acids is 1. The van der Waals surface area contributed by atoms with Crippen LogP contribution in [0.3, 0.4) is 0 Å². The topological polar surface area (TPSA) is 87.9 Å². The second-order valence-electron chi connectivity index (χ2n) is 3.93. The Morgan fingerprint density at radius 1 is 1.53 bits per heavy atom. The number of aryl methyl sites for hydroxylation is 1. The van der Waals surface area contributed by atoms with Gasteiger partial charge in [0.2, 0.25) is 5.89 Å². The van der Waals surface area contributed by atoms with Gasteiger partial charge in [-0.25, -0.2) is 4.98 Å². The van der Waals surface area contributed by atoms with E-state index in [2.05, 4.69) is 20.2 Å². The molecule has 2 aromatic rings. The number of nitrogens with zero attached hydrogens (tertiary/aromatic N) is 4. The molecule has 3 rings (SSSR count). The highest BCUT2D eigenvalue weighted by molar-refractivity contribution is 5.89. The average Bonchev–Trinajstić information content (AvgIpc) is 2.95. The van der Waals surface area contributed by atoms with Crippen LogP contribution in [-0.4, -0.2) is 37.5 Å². The highest BCUT2D eigenvalue weighted by Crippen LogP contribution is 2.16. The fraction of sp³-hybridized carbons (Fsp3) is 0.400. The predicted molar refractivity (Wildman–Crippen MR) is 56.1 cm³/mol. The smallest absolute Gasteiger partial charge is 0.311 e. The maximum absolute atomic E-state index is 12.0. The maximum atomic E-state index is 12.0. The van der Waals surface area contributed by atoms with Gasteiger partial charge in [-0.3, -0.25) is 4.79 Å². The summed E-state index contributed by atoms with van der Waals surface area (Å²) in [7, 11) is 0. The van der Waals surface area contributed by atoms with Gasteiger partial charge in [0.25, 0.3) is 0 Å². The van der Waals surface area contributed by atoms with Crippen LogP contribution in [0.25, 0.3) is 0 Å². The number of H-pyrrole nitrogens is 1. The summed E-state index contributed by atoms with van der Waals surface area (Å²) in [6, 6.07) is 0. The summed E-state index contributed by atoms with van der Waals surface area (Å²) in [4.78, 5) is 20.9. The molecule has 0 fully saturated rings. The SMILES string of the molecule is Cc1nnc(C(=O)N2CCc3nc[nH]c3C2)o1. The van der Waals surface area contributed by atoms with Crippen molar-refractivity contribution in [3.63, 3.8) is 0 Å². The first-order chi connectivity index (χ1) is 8.24. The van der Waals surface area contributed by atoms with Gasteiger partial charge >= 0.3 is 11.8 Å². The van der Waals surface area contributed by atoms with Crippen molar-refractivity contribution >= 4 is 5.91 Å². The predicted octanol–water partition coefficient (Wildman–Crippen LogP) is 0.300. The van der Waals surface area contributed by atoms with E-state index in [9.17, 15) is 4.79 Å². The van der Waals surface area contributed by atoms with Crippen LogP contribution in [0.5, 0.6) is 0 Å². The molecule has 0 saturated carbocycles. The van der Waals surface area contributed by atoms with Crippen molar-refractivity contribution in [2.45, 2.75) is 19.9 Å². The van der Waals surface area contributed by atoms with Crippen LogP contribution in [0, 0.1) is 6.92 Å². The van der Waals surface area contributed by atoms with Crippen LogP contribution in [0.4, 0.5) is 0 Å². The molecule has 1 N–H and O–H groups in total. The lowest BCUT2D eigenvalue weighted by Gasteiger charge is -2.24. The Hall–Kier alpha value is -2.18. The van der Waals surface area contributed by atoms with Crippen LogP contribution in [0.2, 0.25) is 0 Å². The van der Waals surface area contributed by atoms with E-state index in [-0.39, 0.29) is 11.8 Å². The largest absolute Gasteiger partial charge is 0.417 e. The Morgan fingerprint density at radius 2 is 2.41 bits per heavy atom. The number of amides is 1. The number of fused-ring (bicyclic) bond motifs is 1. The maximum Gasteiger partial charge on any atom is 0.311 e. The fourth-order valence-electron chi connectivity index (χ4n) is 1.90. The van der Waals surface area contributed by atoms with E-state index in [1.54, 1.807) is 18.2 Å². The van der Waals surface area contributed by atoms with Gasteiger partial charge in [-0.1, -0.05) is 0 Å². The molecular formula is C10H11N5O2. The van der Waals surface area contributed by atoms with E-state index in [1.165, 1.54) is 0 Å². The summed E-state index contributed by atoms with van der Waals surface area (Å²) in [5, 5.41) is 7.38. The molecule has 3 heterocycles. The van der Waals surface area contributed by atoms with Gasteiger partial charge in [-0.05, 0) is 0 Å². The van der Waals surface area contributed by atoms with Crippen molar-refractivity contribution in [1.29, 1.82) is 0 Å². The molecule has 1 aliphatic rings. The summed E-state index contributed by atoms with van der Waals surface area (Å²) in [6.45, 7) is 2.79. The van der Waals surface area contributed by atoms with Gasteiger partial charge in [0.05, 0.1) is 24.3 Å². The minimum atomic E-state index is -0.231. The molecule has 0 spiro atoms. The van der Waals surface area contributed by atoms with E-state index < -0.39 is 0 Å². The zero-order valence-electron chi connectivity index (χ0n) is 9.30. The van der Waals surface area contributed by atoms with Crippen molar-refractivity contribution in [2.24, 2.45) is 0 Å². The lowest BCUT2D eigenvalue weighted by atomic mass is 10.1. The molecule has 7 nitrogen and oxygen atoms in total. The molecule has 0 bridgehead atoms. The van der Waals surface area contributed by atoms with E-state index in [0.717, 1.165) is 17.8 Å². The Morgan fingerprint density at radius 3 is 3.18 bits per heavy atom. The van der Waals surface area contributed by atoms with Crippen molar-refractivity contribution in [2.75, 3.05) is 6.54 Å². The molecule has 0 atom stereocenters. The Balaban J connectivity index is 1.81. The molecule has 17 heavy (non-hydrogen) atoms. The first kappa shape index (κ1) is 10.0. The Labute approximate surface area is 96.9 Å². The molecule has 0 radical (unpaired) electrons. The molecular weight excluding hydrogens is 222 g/mol. The third-order valence-corrected chi connectivity index (χ3v) is 2.77. The van der Waals surface area contributed by atoms with Gasteiger partial charge in [-0.2, -0.15) is 0 Å². The van der Waals surface area contributed by atoms with Crippen molar-refractivity contribution < 1.29 is 9.21 Å². The molecule has 7 heteroatoms. The molecule has 0 aromatic carbocycles. The van der Waals surface area contributed by atoms with Gasteiger partial charge < -0.3 is 14.3 Å². The van der Waals surface area contributed by atoms with Crippen LogP contribution >= 0.6 is 0 Å². The van der Waals surface area contributed by atoms with Crippen LogP contribution in [0.1, 0.15) is 28.0 Å². The summed E-state index contributed by atoms with van der Waals surface area (Å²) in [6.07, 6.45) is 2.40. The second kappa shape index (κ2) is 3.69. The standard InChI is InChI=1S/C10H11N5O2/c1-6-13-14-9(17-6)10(16)15-3-2-7-8(4-15)12-5-11-7/h5H,2-4H2,1H3,(H,11,12). The number of hydrogen-bond donors (Lipinski definition) is 1. The first-order valence-corrected chi connectivity index (χ1v) is 5.34. The van der Waals surface area contributed by atoms with E-state index in [0.29, 0.717) is 19.0 Å². The third kappa shape index (κ3) is 1.69. The quantitative estimate of drug-likeness (QED) is 0.765.